The first kappa shape index (κ1) is 19.0. The first-order valence-electron chi connectivity index (χ1n) is 9.75. The maximum atomic E-state index is 12.6. The van der Waals surface area contributed by atoms with Gasteiger partial charge in [-0.2, -0.15) is 0 Å². The highest BCUT2D eigenvalue weighted by molar-refractivity contribution is 6.45. The van der Waals surface area contributed by atoms with Gasteiger partial charge in [0.25, 0.3) is 0 Å². The monoisotopic (exact) mass is 395 g/mol. The molecule has 8 nitrogen and oxygen atoms in total. The average Bonchev–Trinajstić information content (AvgIpc) is 3.19. The molecule has 0 aromatic heterocycles. The van der Waals surface area contributed by atoms with Crippen molar-refractivity contribution in [2.45, 2.75) is 38.5 Å². The zero-order chi connectivity index (χ0) is 20.5. The van der Waals surface area contributed by atoms with Crippen LogP contribution in [0.5, 0.6) is 0 Å². The number of nitrogens with one attached hydrogen (secondary N) is 1. The summed E-state index contributed by atoms with van der Waals surface area (Å²) in [6.45, 7) is -0.352. The van der Waals surface area contributed by atoms with Crippen LogP contribution in [-0.4, -0.2) is 52.4 Å². The molecule has 1 N–H and O–H groups in total. The fourth-order valence-electron chi connectivity index (χ4n) is 3.91. The third-order valence-electron chi connectivity index (χ3n) is 5.53. The number of ketones is 1. The molecular weight excluding hydrogens is 374 g/mol. The largest absolute Gasteiger partial charge is 0.334 e. The van der Waals surface area contributed by atoms with Gasteiger partial charge in [0.15, 0.2) is 5.78 Å². The van der Waals surface area contributed by atoms with Crippen LogP contribution in [0.3, 0.4) is 0 Å². The number of carbonyl (C=O) groups is 5. The Morgan fingerprint density at radius 3 is 2.59 bits per heavy atom. The van der Waals surface area contributed by atoms with Gasteiger partial charge in [-0.3, -0.25) is 24.1 Å². The van der Waals surface area contributed by atoms with E-state index in [1.165, 1.54) is 11.6 Å². The molecular formula is C21H21N3O5. The van der Waals surface area contributed by atoms with Crippen LogP contribution in [0, 0.1) is 0 Å². The van der Waals surface area contributed by atoms with Crippen molar-refractivity contribution in [3.63, 3.8) is 0 Å². The fourth-order valence-corrected chi connectivity index (χ4v) is 3.91. The first-order valence-corrected chi connectivity index (χ1v) is 9.75. The Bertz CT molecular complexity index is 965. The third-order valence-corrected chi connectivity index (χ3v) is 5.53. The number of carbonyl (C=O) groups excluding carboxylic acids is 5. The molecule has 3 aliphatic rings. The summed E-state index contributed by atoms with van der Waals surface area (Å²) in [5.74, 6) is -2.47. The number of amides is 5. The number of benzene rings is 1. The van der Waals surface area contributed by atoms with Gasteiger partial charge in [0.1, 0.15) is 0 Å². The van der Waals surface area contributed by atoms with Gasteiger partial charge in [-0.1, -0.05) is 11.6 Å². The van der Waals surface area contributed by atoms with E-state index in [9.17, 15) is 24.0 Å². The summed E-state index contributed by atoms with van der Waals surface area (Å²) in [4.78, 5) is 62.8. The maximum absolute atomic E-state index is 12.6. The highest BCUT2D eigenvalue weighted by Gasteiger charge is 2.45. The second kappa shape index (κ2) is 7.62. The van der Waals surface area contributed by atoms with Crippen molar-refractivity contribution in [2.24, 2.45) is 0 Å². The van der Waals surface area contributed by atoms with E-state index in [2.05, 4.69) is 11.4 Å². The molecule has 0 atom stereocenters. The van der Waals surface area contributed by atoms with Gasteiger partial charge in [0, 0.05) is 17.8 Å². The minimum atomic E-state index is -0.973. The van der Waals surface area contributed by atoms with Crippen LogP contribution in [0.15, 0.2) is 29.8 Å². The molecule has 1 fully saturated rings. The number of imide groups is 2. The minimum absolute atomic E-state index is 0.145. The SMILES string of the molecule is O=C1Cc2cc(C(=O)CN3C(=O)C(=O)N(CCC4=CCCCC4)C3=O)ccc2N1. The fraction of sp³-hybridized carbons (Fsp3) is 0.381. The molecule has 8 heteroatoms. The van der Waals surface area contributed by atoms with Crippen LogP contribution in [0.1, 0.15) is 48.0 Å². The van der Waals surface area contributed by atoms with Crippen molar-refractivity contribution in [3.8, 4) is 0 Å². The molecule has 0 spiro atoms. The van der Waals surface area contributed by atoms with Crippen molar-refractivity contribution in [1.82, 2.24) is 9.80 Å². The first-order chi connectivity index (χ1) is 13.9. The molecule has 29 heavy (non-hydrogen) atoms. The van der Waals surface area contributed by atoms with E-state index in [-0.39, 0.29) is 18.9 Å². The number of Topliss-reactive ketones (excluding diaryl/α,β-unsaturated/α-hetero) is 1. The van der Waals surface area contributed by atoms with Gasteiger partial charge in [-0.05, 0) is 55.9 Å². The zero-order valence-electron chi connectivity index (χ0n) is 15.9. The van der Waals surface area contributed by atoms with Gasteiger partial charge in [-0.15, -0.1) is 0 Å². The van der Waals surface area contributed by atoms with Crippen LogP contribution >= 0.6 is 0 Å². The molecule has 1 saturated heterocycles. The Kier molecular flexibility index (Phi) is 5.00. The van der Waals surface area contributed by atoms with Crippen molar-refractivity contribution >= 4 is 35.2 Å². The standard InChI is InChI=1S/C21H21N3O5/c25-17(14-6-7-16-15(10-14)11-18(26)22-16)12-24-20(28)19(27)23(21(24)29)9-8-13-4-2-1-3-5-13/h4,6-7,10H,1-3,5,8-9,11-12H2,(H,22,26). The van der Waals surface area contributed by atoms with Crippen molar-refractivity contribution in [1.29, 1.82) is 0 Å². The lowest BCUT2D eigenvalue weighted by atomic mass is 9.97. The van der Waals surface area contributed by atoms with E-state index in [1.54, 1.807) is 12.1 Å². The van der Waals surface area contributed by atoms with E-state index >= 15 is 0 Å². The van der Waals surface area contributed by atoms with E-state index in [1.807, 2.05) is 0 Å². The Balaban J connectivity index is 1.42. The Morgan fingerprint density at radius 1 is 1.03 bits per heavy atom. The van der Waals surface area contributed by atoms with Gasteiger partial charge < -0.3 is 5.32 Å². The molecule has 2 heterocycles. The summed E-state index contributed by atoms with van der Waals surface area (Å²) in [7, 11) is 0. The van der Waals surface area contributed by atoms with Gasteiger partial charge >= 0.3 is 17.8 Å². The quantitative estimate of drug-likeness (QED) is 0.344. The van der Waals surface area contributed by atoms with Crippen LogP contribution < -0.4 is 5.32 Å². The summed E-state index contributed by atoms with van der Waals surface area (Å²) in [5.41, 5.74) is 2.83. The molecule has 0 bridgehead atoms. The highest BCUT2D eigenvalue weighted by atomic mass is 16.2. The van der Waals surface area contributed by atoms with Crippen LogP contribution in [-0.2, 0) is 20.8 Å². The smallest absolute Gasteiger partial charge is 0.326 e. The number of allylic oxidation sites excluding steroid dienone is 1. The topological polar surface area (TPSA) is 104 Å². The Morgan fingerprint density at radius 2 is 1.83 bits per heavy atom. The van der Waals surface area contributed by atoms with Gasteiger partial charge in [0.05, 0.1) is 13.0 Å². The van der Waals surface area contributed by atoms with E-state index < -0.39 is 30.2 Å². The number of nitrogens with zero attached hydrogens (tertiary/aromatic N) is 2. The van der Waals surface area contributed by atoms with Crippen LogP contribution in [0.4, 0.5) is 10.5 Å². The number of rotatable bonds is 6. The molecule has 0 radical (unpaired) electrons. The molecule has 1 aromatic rings. The number of fused-ring (bicyclic) bond motifs is 1. The third kappa shape index (κ3) is 3.70. The van der Waals surface area contributed by atoms with E-state index in [0.717, 1.165) is 30.6 Å². The van der Waals surface area contributed by atoms with Gasteiger partial charge in [-0.25, -0.2) is 9.69 Å². The summed E-state index contributed by atoms with van der Waals surface area (Å²) in [6, 6.07) is 3.99. The maximum Gasteiger partial charge on any atom is 0.334 e. The number of hydrogen-bond acceptors (Lipinski definition) is 5. The Hall–Kier alpha value is -3.29. The summed E-state index contributed by atoms with van der Waals surface area (Å²) < 4.78 is 0. The second-order valence-corrected chi connectivity index (χ2v) is 7.51. The number of urea groups is 1. The lowest BCUT2D eigenvalue weighted by Crippen LogP contribution is -2.37. The molecule has 0 unspecified atom stereocenters. The molecule has 0 saturated carbocycles. The molecule has 2 aliphatic heterocycles. The lowest BCUT2D eigenvalue weighted by molar-refractivity contribution is -0.143. The Labute approximate surface area is 167 Å². The number of hydrogen-bond donors (Lipinski definition) is 1. The zero-order valence-corrected chi connectivity index (χ0v) is 15.9. The van der Waals surface area contributed by atoms with Crippen molar-refractivity contribution in [2.75, 3.05) is 18.4 Å². The van der Waals surface area contributed by atoms with Gasteiger partial charge in [0.2, 0.25) is 5.91 Å². The average molecular weight is 395 g/mol. The molecule has 4 rings (SSSR count). The predicted molar refractivity (Wildman–Crippen MR) is 103 cm³/mol. The highest BCUT2D eigenvalue weighted by Crippen LogP contribution is 2.25. The van der Waals surface area contributed by atoms with Crippen LogP contribution in [0.2, 0.25) is 0 Å². The van der Waals surface area contributed by atoms with Crippen molar-refractivity contribution < 1.29 is 24.0 Å². The molecule has 1 aliphatic carbocycles. The minimum Gasteiger partial charge on any atom is -0.326 e. The van der Waals surface area contributed by atoms with E-state index in [0.29, 0.717) is 28.1 Å². The van der Waals surface area contributed by atoms with Crippen molar-refractivity contribution in [3.05, 3.63) is 41.0 Å². The van der Waals surface area contributed by atoms with Crippen LogP contribution in [0.25, 0.3) is 0 Å². The van der Waals surface area contributed by atoms with E-state index in [4.69, 9.17) is 0 Å². The predicted octanol–water partition coefficient (Wildman–Crippen LogP) is 2.05. The second-order valence-electron chi connectivity index (χ2n) is 7.51. The summed E-state index contributed by atoms with van der Waals surface area (Å²) in [6.07, 6.45) is 7.05. The number of anilines is 1. The summed E-state index contributed by atoms with van der Waals surface area (Å²) >= 11 is 0. The molecule has 150 valence electrons. The lowest BCUT2D eigenvalue weighted by Gasteiger charge is -2.17. The normalized spacial score (nSPS) is 18.8. The summed E-state index contributed by atoms with van der Waals surface area (Å²) in [5, 5.41) is 2.68. The molecule has 1 aromatic carbocycles. The molecule has 5 amide bonds.